The lowest BCUT2D eigenvalue weighted by Crippen LogP contribution is -2.55. The summed E-state index contributed by atoms with van der Waals surface area (Å²) in [5, 5.41) is 6.28. The Balaban J connectivity index is 1.71. The predicted molar refractivity (Wildman–Crippen MR) is 96.7 cm³/mol. The van der Waals surface area contributed by atoms with E-state index in [1.165, 1.54) is 0 Å². The number of rotatable bonds is 5. The summed E-state index contributed by atoms with van der Waals surface area (Å²) in [6.45, 7) is 3.90. The van der Waals surface area contributed by atoms with Crippen molar-refractivity contribution in [1.82, 2.24) is 15.5 Å². The fourth-order valence-corrected chi connectivity index (χ4v) is 4.08. The second-order valence-corrected chi connectivity index (χ2v) is 7.00. The Bertz CT molecular complexity index is 586. The van der Waals surface area contributed by atoms with Crippen molar-refractivity contribution in [2.45, 2.75) is 37.8 Å². The molecule has 6 heteroatoms. The summed E-state index contributed by atoms with van der Waals surface area (Å²) in [5.74, 6) is -0.637. The Labute approximate surface area is 149 Å². The van der Waals surface area contributed by atoms with Gasteiger partial charge in [-0.25, -0.2) is 0 Å². The van der Waals surface area contributed by atoms with Crippen LogP contribution < -0.4 is 16.4 Å². The number of piperazine rings is 1. The molecule has 3 rings (SSSR count). The molecule has 1 aliphatic heterocycles. The third-order valence-electron chi connectivity index (χ3n) is 5.39. The van der Waals surface area contributed by atoms with Crippen LogP contribution in [0.3, 0.4) is 0 Å². The average Bonchev–Trinajstić information content (AvgIpc) is 2.67. The Hall–Kier alpha value is -1.92. The van der Waals surface area contributed by atoms with E-state index in [0.29, 0.717) is 0 Å². The molecule has 1 heterocycles. The second-order valence-electron chi connectivity index (χ2n) is 7.00. The van der Waals surface area contributed by atoms with E-state index in [2.05, 4.69) is 15.5 Å². The maximum atomic E-state index is 13.0. The van der Waals surface area contributed by atoms with Crippen LogP contribution in [-0.2, 0) is 9.59 Å². The van der Waals surface area contributed by atoms with Crippen LogP contribution in [0.15, 0.2) is 30.3 Å². The lowest BCUT2D eigenvalue weighted by Gasteiger charge is -2.41. The van der Waals surface area contributed by atoms with E-state index >= 15 is 0 Å². The highest BCUT2D eigenvalue weighted by Gasteiger charge is 2.36. The Morgan fingerprint density at radius 2 is 1.80 bits per heavy atom. The standard InChI is InChI=1S/C19H28N4O2/c20-18(24)17(14-6-2-1-3-7-14)22-19(25)15-8-4-5-9-16(15)23-12-10-21-11-13-23/h1-3,6-7,15-17,21H,4-5,8-13H2,(H2,20,24)(H,22,25)/t15-,16-,17+/m1/s1. The van der Waals surface area contributed by atoms with Crippen molar-refractivity contribution in [3.05, 3.63) is 35.9 Å². The second kappa shape index (κ2) is 8.45. The van der Waals surface area contributed by atoms with Crippen LogP contribution in [0.2, 0.25) is 0 Å². The topological polar surface area (TPSA) is 87.5 Å². The summed E-state index contributed by atoms with van der Waals surface area (Å²) in [4.78, 5) is 27.3. The number of primary amides is 1. The molecule has 136 valence electrons. The average molecular weight is 344 g/mol. The van der Waals surface area contributed by atoms with Gasteiger partial charge in [-0.3, -0.25) is 14.5 Å². The van der Waals surface area contributed by atoms with Crippen molar-refractivity contribution in [3.63, 3.8) is 0 Å². The zero-order chi connectivity index (χ0) is 17.6. The number of carbonyl (C=O) groups excluding carboxylic acids is 2. The predicted octanol–water partition coefficient (Wildman–Crippen LogP) is 0.793. The molecule has 1 saturated carbocycles. The summed E-state index contributed by atoms with van der Waals surface area (Å²) in [6.07, 6.45) is 4.15. The molecular weight excluding hydrogens is 316 g/mol. The molecule has 0 bridgehead atoms. The Morgan fingerprint density at radius 3 is 2.48 bits per heavy atom. The van der Waals surface area contributed by atoms with Gasteiger partial charge in [-0.05, 0) is 18.4 Å². The van der Waals surface area contributed by atoms with E-state index in [1.807, 2.05) is 30.3 Å². The van der Waals surface area contributed by atoms with E-state index in [0.717, 1.165) is 57.4 Å². The molecule has 2 amide bonds. The van der Waals surface area contributed by atoms with E-state index in [9.17, 15) is 9.59 Å². The highest BCUT2D eigenvalue weighted by atomic mass is 16.2. The SMILES string of the molecule is NC(=O)[C@@H](NC(=O)[C@@H]1CCCC[C@H]1N1CCNCC1)c1ccccc1. The lowest BCUT2D eigenvalue weighted by atomic mass is 9.82. The minimum Gasteiger partial charge on any atom is -0.368 e. The number of amides is 2. The van der Waals surface area contributed by atoms with Gasteiger partial charge in [-0.2, -0.15) is 0 Å². The molecular formula is C19H28N4O2. The number of hydrogen-bond acceptors (Lipinski definition) is 4. The van der Waals surface area contributed by atoms with Crippen LogP contribution in [0, 0.1) is 5.92 Å². The third-order valence-corrected chi connectivity index (χ3v) is 5.39. The van der Waals surface area contributed by atoms with Gasteiger partial charge in [-0.1, -0.05) is 43.2 Å². The van der Waals surface area contributed by atoms with Crippen molar-refractivity contribution in [3.8, 4) is 0 Å². The van der Waals surface area contributed by atoms with Gasteiger partial charge in [-0.15, -0.1) is 0 Å². The molecule has 1 aromatic carbocycles. The first-order chi connectivity index (χ1) is 12.2. The van der Waals surface area contributed by atoms with Gasteiger partial charge in [0.15, 0.2) is 0 Å². The van der Waals surface area contributed by atoms with Crippen LogP contribution in [0.1, 0.15) is 37.3 Å². The quantitative estimate of drug-likeness (QED) is 0.737. The molecule has 0 radical (unpaired) electrons. The maximum Gasteiger partial charge on any atom is 0.244 e. The fraction of sp³-hybridized carbons (Fsp3) is 0.579. The maximum absolute atomic E-state index is 13.0. The van der Waals surface area contributed by atoms with E-state index in [-0.39, 0.29) is 17.9 Å². The monoisotopic (exact) mass is 344 g/mol. The molecule has 2 fully saturated rings. The van der Waals surface area contributed by atoms with Crippen molar-refractivity contribution < 1.29 is 9.59 Å². The molecule has 2 aliphatic rings. The van der Waals surface area contributed by atoms with Crippen LogP contribution >= 0.6 is 0 Å². The van der Waals surface area contributed by atoms with Gasteiger partial charge in [0.1, 0.15) is 6.04 Å². The molecule has 3 atom stereocenters. The lowest BCUT2D eigenvalue weighted by molar-refractivity contribution is -0.132. The van der Waals surface area contributed by atoms with Crippen molar-refractivity contribution in [1.29, 1.82) is 0 Å². The highest BCUT2D eigenvalue weighted by molar-refractivity contribution is 5.88. The van der Waals surface area contributed by atoms with E-state index < -0.39 is 11.9 Å². The smallest absolute Gasteiger partial charge is 0.244 e. The summed E-state index contributed by atoms with van der Waals surface area (Å²) in [7, 11) is 0. The Kier molecular flexibility index (Phi) is 6.04. The third kappa shape index (κ3) is 4.38. The van der Waals surface area contributed by atoms with Crippen LogP contribution in [0.5, 0.6) is 0 Å². The molecule has 4 N–H and O–H groups in total. The van der Waals surface area contributed by atoms with Gasteiger partial charge < -0.3 is 16.4 Å². The molecule has 1 aromatic rings. The normalized spacial score (nSPS) is 25.9. The fourth-order valence-electron chi connectivity index (χ4n) is 4.08. The number of hydrogen-bond donors (Lipinski definition) is 3. The van der Waals surface area contributed by atoms with Crippen LogP contribution in [0.4, 0.5) is 0 Å². The highest BCUT2D eigenvalue weighted by Crippen LogP contribution is 2.29. The largest absolute Gasteiger partial charge is 0.368 e. The van der Waals surface area contributed by atoms with Gasteiger partial charge >= 0.3 is 0 Å². The van der Waals surface area contributed by atoms with E-state index in [1.54, 1.807) is 0 Å². The summed E-state index contributed by atoms with van der Waals surface area (Å²) >= 11 is 0. The summed E-state index contributed by atoms with van der Waals surface area (Å²) in [6, 6.07) is 8.72. The molecule has 0 unspecified atom stereocenters. The summed E-state index contributed by atoms with van der Waals surface area (Å²) < 4.78 is 0. The van der Waals surface area contributed by atoms with Crippen LogP contribution in [0.25, 0.3) is 0 Å². The molecule has 1 saturated heterocycles. The van der Waals surface area contributed by atoms with Gasteiger partial charge in [0.25, 0.3) is 0 Å². The van der Waals surface area contributed by atoms with Crippen molar-refractivity contribution >= 4 is 11.8 Å². The first kappa shape index (κ1) is 17.9. The minimum absolute atomic E-state index is 0.0455. The number of nitrogens with one attached hydrogen (secondary N) is 2. The summed E-state index contributed by atoms with van der Waals surface area (Å²) in [5.41, 5.74) is 6.29. The molecule has 25 heavy (non-hydrogen) atoms. The number of nitrogens with zero attached hydrogens (tertiary/aromatic N) is 1. The van der Waals surface area contributed by atoms with Gasteiger partial charge in [0.05, 0.1) is 5.92 Å². The number of benzene rings is 1. The van der Waals surface area contributed by atoms with Gasteiger partial charge in [0, 0.05) is 32.2 Å². The molecule has 0 aromatic heterocycles. The zero-order valence-corrected chi connectivity index (χ0v) is 14.6. The first-order valence-electron chi connectivity index (χ1n) is 9.26. The molecule has 0 spiro atoms. The molecule has 6 nitrogen and oxygen atoms in total. The minimum atomic E-state index is -0.765. The van der Waals surface area contributed by atoms with Crippen molar-refractivity contribution in [2.24, 2.45) is 11.7 Å². The zero-order valence-electron chi connectivity index (χ0n) is 14.6. The molecule has 1 aliphatic carbocycles. The van der Waals surface area contributed by atoms with E-state index in [4.69, 9.17) is 5.73 Å². The number of nitrogens with two attached hydrogens (primary N) is 1. The van der Waals surface area contributed by atoms with Crippen molar-refractivity contribution in [2.75, 3.05) is 26.2 Å². The van der Waals surface area contributed by atoms with Gasteiger partial charge in [0.2, 0.25) is 11.8 Å². The Morgan fingerprint density at radius 1 is 1.12 bits per heavy atom. The first-order valence-corrected chi connectivity index (χ1v) is 9.26. The van der Waals surface area contributed by atoms with Crippen LogP contribution in [-0.4, -0.2) is 48.9 Å². The number of carbonyl (C=O) groups is 2.